The predicted molar refractivity (Wildman–Crippen MR) is 100.0 cm³/mol. The highest BCUT2D eigenvalue weighted by Gasteiger charge is 2.20. The van der Waals surface area contributed by atoms with Crippen LogP contribution in [0.3, 0.4) is 0 Å². The van der Waals surface area contributed by atoms with Gasteiger partial charge in [-0.05, 0) is 49.2 Å². The molecule has 132 valence electrons. The molecule has 0 saturated carbocycles. The van der Waals surface area contributed by atoms with Crippen LogP contribution in [0.15, 0.2) is 42.5 Å². The average molecular weight is 348 g/mol. The highest BCUT2D eigenvalue weighted by molar-refractivity contribution is 5.98. The Balaban J connectivity index is 1.55. The van der Waals surface area contributed by atoms with E-state index in [2.05, 4.69) is 15.6 Å². The van der Waals surface area contributed by atoms with E-state index < -0.39 is 0 Å². The van der Waals surface area contributed by atoms with Gasteiger partial charge in [-0.1, -0.05) is 12.1 Å². The number of hydrogen-bond acceptors (Lipinski definition) is 3. The van der Waals surface area contributed by atoms with E-state index in [1.54, 1.807) is 12.1 Å². The van der Waals surface area contributed by atoms with Gasteiger partial charge in [-0.15, -0.1) is 0 Å². The number of aryl methyl sites for hydroxylation is 2. The average Bonchev–Trinajstić information content (AvgIpc) is 2.98. The lowest BCUT2D eigenvalue weighted by Gasteiger charge is -2.18. The molecule has 0 spiro atoms. The first-order valence-electron chi connectivity index (χ1n) is 8.68. The number of anilines is 1. The summed E-state index contributed by atoms with van der Waals surface area (Å²) in [5.41, 5.74) is 4.32. The molecule has 0 unspecified atom stereocenters. The zero-order valence-electron chi connectivity index (χ0n) is 14.7. The fourth-order valence-electron chi connectivity index (χ4n) is 3.42. The van der Waals surface area contributed by atoms with E-state index in [0.717, 1.165) is 28.1 Å². The molecule has 0 saturated heterocycles. The number of hydrogen-bond donors (Lipinski definition) is 2. The van der Waals surface area contributed by atoms with Crippen LogP contribution >= 0.6 is 0 Å². The Morgan fingerprint density at radius 1 is 1.23 bits per heavy atom. The second kappa shape index (κ2) is 6.29. The van der Waals surface area contributed by atoms with E-state index in [1.807, 2.05) is 48.9 Å². The van der Waals surface area contributed by atoms with Crippen LogP contribution in [0.5, 0.6) is 0 Å². The standard InChI is InChI=1S/C20H20N4O2/c1-12(19-23-16-5-3-4-6-17(16)24(19)2)21-20(26)14-7-9-15-13(11-14)8-10-18(25)22-15/h3-7,9,11-12H,8,10H2,1-2H3,(H,21,26)(H,22,25)/t12-/m0/s1. The smallest absolute Gasteiger partial charge is 0.251 e. The van der Waals surface area contributed by atoms with Gasteiger partial charge in [0.2, 0.25) is 5.91 Å². The first-order valence-corrected chi connectivity index (χ1v) is 8.68. The Morgan fingerprint density at radius 3 is 2.85 bits per heavy atom. The summed E-state index contributed by atoms with van der Waals surface area (Å²) in [6, 6.07) is 13.1. The summed E-state index contributed by atoms with van der Waals surface area (Å²) in [5.74, 6) is 0.680. The van der Waals surface area contributed by atoms with Crippen LogP contribution in [-0.4, -0.2) is 21.4 Å². The second-order valence-electron chi connectivity index (χ2n) is 6.63. The fraction of sp³-hybridized carbons (Fsp3) is 0.250. The van der Waals surface area contributed by atoms with Crippen molar-refractivity contribution in [3.05, 3.63) is 59.4 Å². The largest absolute Gasteiger partial charge is 0.342 e. The normalized spacial score (nSPS) is 14.6. The highest BCUT2D eigenvalue weighted by atomic mass is 16.2. The molecule has 4 rings (SSSR count). The molecule has 1 aliphatic rings. The molecule has 2 amide bonds. The molecule has 1 atom stereocenters. The number of imidazole rings is 1. The summed E-state index contributed by atoms with van der Waals surface area (Å²) in [5, 5.41) is 5.85. The van der Waals surface area contributed by atoms with Crippen molar-refractivity contribution in [2.75, 3.05) is 5.32 Å². The number of amides is 2. The maximum atomic E-state index is 12.7. The third kappa shape index (κ3) is 2.83. The third-order valence-corrected chi connectivity index (χ3v) is 4.82. The van der Waals surface area contributed by atoms with Crippen LogP contribution in [0, 0.1) is 0 Å². The molecule has 3 aromatic rings. The molecule has 0 aliphatic carbocycles. The number of nitrogens with zero attached hydrogens (tertiary/aromatic N) is 2. The number of aromatic nitrogens is 2. The summed E-state index contributed by atoms with van der Waals surface area (Å²) in [6.07, 6.45) is 1.11. The molecule has 2 heterocycles. The van der Waals surface area contributed by atoms with Gasteiger partial charge in [0.1, 0.15) is 5.82 Å². The van der Waals surface area contributed by atoms with Crippen molar-refractivity contribution in [2.24, 2.45) is 7.05 Å². The first kappa shape index (κ1) is 16.3. The number of carbonyl (C=O) groups is 2. The van der Waals surface area contributed by atoms with Gasteiger partial charge in [-0.25, -0.2) is 4.98 Å². The second-order valence-corrected chi connectivity index (χ2v) is 6.63. The minimum absolute atomic E-state index is 0.0187. The SMILES string of the molecule is C[C@H](NC(=O)c1ccc2c(c1)CCC(=O)N2)c1nc2ccccc2n1C. The zero-order valence-corrected chi connectivity index (χ0v) is 14.7. The van der Waals surface area contributed by atoms with Crippen LogP contribution in [0.4, 0.5) is 5.69 Å². The molecule has 0 radical (unpaired) electrons. The van der Waals surface area contributed by atoms with Crippen LogP contribution in [0.2, 0.25) is 0 Å². The van der Waals surface area contributed by atoms with E-state index in [1.165, 1.54) is 0 Å². The Bertz CT molecular complexity index is 1020. The van der Waals surface area contributed by atoms with Gasteiger partial charge < -0.3 is 15.2 Å². The Hall–Kier alpha value is -3.15. The lowest BCUT2D eigenvalue weighted by atomic mass is 10.00. The molecule has 0 bridgehead atoms. The van der Waals surface area contributed by atoms with E-state index >= 15 is 0 Å². The number of rotatable bonds is 3. The first-order chi connectivity index (χ1) is 12.5. The van der Waals surface area contributed by atoms with Gasteiger partial charge in [-0.2, -0.15) is 0 Å². The van der Waals surface area contributed by atoms with E-state index in [0.29, 0.717) is 18.4 Å². The lowest BCUT2D eigenvalue weighted by molar-refractivity contribution is -0.116. The van der Waals surface area contributed by atoms with Crippen LogP contribution in [-0.2, 0) is 18.3 Å². The van der Waals surface area contributed by atoms with Crippen LogP contribution < -0.4 is 10.6 Å². The van der Waals surface area contributed by atoms with Gasteiger partial charge in [0.05, 0.1) is 17.1 Å². The molecule has 26 heavy (non-hydrogen) atoms. The molecule has 2 aromatic carbocycles. The highest BCUT2D eigenvalue weighted by Crippen LogP contribution is 2.24. The van der Waals surface area contributed by atoms with Crippen LogP contribution in [0.1, 0.15) is 41.1 Å². The van der Waals surface area contributed by atoms with E-state index in [-0.39, 0.29) is 17.9 Å². The molecule has 2 N–H and O–H groups in total. The summed E-state index contributed by atoms with van der Waals surface area (Å²) < 4.78 is 2.00. The lowest BCUT2D eigenvalue weighted by Crippen LogP contribution is -2.29. The number of carbonyl (C=O) groups excluding carboxylic acids is 2. The number of nitrogens with one attached hydrogen (secondary N) is 2. The molecule has 1 aromatic heterocycles. The monoisotopic (exact) mass is 348 g/mol. The molecule has 6 nitrogen and oxygen atoms in total. The summed E-state index contributed by atoms with van der Waals surface area (Å²) >= 11 is 0. The molecule has 6 heteroatoms. The summed E-state index contributed by atoms with van der Waals surface area (Å²) in [6.45, 7) is 1.93. The van der Waals surface area contributed by atoms with Crippen molar-refractivity contribution in [1.82, 2.24) is 14.9 Å². The maximum absolute atomic E-state index is 12.7. The number of fused-ring (bicyclic) bond motifs is 2. The zero-order chi connectivity index (χ0) is 18.3. The Kier molecular flexibility index (Phi) is 3.95. The van der Waals surface area contributed by atoms with Gasteiger partial charge in [-0.3, -0.25) is 9.59 Å². The van der Waals surface area contributed by atoms with Crippen LogP contribution in [0.25, 0.3) is 11.0 Å². The number of benzene rings is 2. The van der Waals surface area contributed by atoms with Crippen molar-refractivity contribution in [3.8, 4) is 0 Å². The van der Waals surface area contributed by atoms with Gasteiger partial charge in [0.15, 0.2) is 0 Å². The Labute approximate surface area is 151 Å². The predicted octanol–water partition coefficient (Wildman–Crippen LogP) is 2.95. The van der Waals surface area contributed by atoms with Crippen molar-refractivity contribution >= 4 is 28.5 Å². The Morgan fingerprint density at radius 2 is 2.04 bits per heavy atom. The summed E-state index contributed by atoms with van der Waals surface area (Å²) in [7, 11) is 1.95. The quantitative estimate of drug-likeness (QED) is 0.764. The van der Waals surface area contributed by atoms with Gasteiger partial charge in [0.25, 0.3) is 5.91 Å². The molecule has 0 fully saturated rings. The van der Waals surface area contributed by atoms with Crippen molar-refractivity contribution in [3.63, 3.8) is 0 Å². The summed E-state index contributed by atoms with van der Waals surface area (Å²) in [4.78, 5) is 28.8. The third-order valence-electron chi connectivity index (χ3n) is 4.82. The maximum Gasteiger partial charge on any atom is 0.251 e. The molecular weight excluding hydrogens is 328 g/mol. The van der Waals surface area contributed by atoms with Crippen molar-refractivity contribution in [2.45, 2.75) is 25.8 Å². The van der Waals surface area contributed by atoms with E-state index in [4.69, 9.17) is 0 Å². The van der Waals surface area contributed by atoms with Gasteiger partial charge >= 0.3 is 0 Å². The van der Waals surface area contributed by atoms with Crippen molar-refractivity contribution < 1.29 is 9.59 Å². The number of para-hydroxylation sites is 2. The van der Waals surface area contributed by atoms with Crippen molar-refractivity contribution in [1.29, 1.82) is 0 Å². The minimum Gasteiger partial charge on any atom is -0.342 e. The topological polar surface area (TPSA) is 76.0 Å². The van der Waals surface area contributed by atoms with E-state index in [9.17, 15) is 9.59 Å². The molecule has 1 aliphatic heterocycles. The van der Waals surface area contributed by atoms with Gasteiger partial charge in [0, 0.05) is 24.7 Å². The fourth-order valence-corrected chi connectivity index (χ4v) is 3.42. The minimum atomic E-state index is -0.226. The molecular formula is C20H20N4O2.